The lowest BCUT2D eigenvalue weighted by molar-refractivity contribution is -0.137. The largest absolute Gasteiger partial charge is 0.396 e. The Morgan fingerprint density at radius 3 is 2.86 bits per heavy atom. The topological polar surface area (TPSA) is 72.9 Å². The number of aliphatic hydroxyl groups excluding tert-OH is 1. The molecule has 2 heterocycles. The molecule has 1 aliphatic carbocycles. The van der Waals surface area contributed by atoms with Crippen LogP contribution in [0.3, 0.4) is 0 Å². The van der Waals surface area contributed by atoms with Gasteiger partial charge in [-0.3, -0.25) is 14.5 Å². The van der Waals surface area contributed by atoms with E-state index in [1.165, 1.54) is 5.56 Å². The third kappa shape index (κ3) is 4.48. The number of fused-ring (bicyclic) bond motifs is 2. The average Bonchev–Trinajstić information content (AvgIpc) is 3.14. The number of carbonyl (C=O) groups is 2. The summed E-state index contributed by atoms with van der Waals surface area (Å²) in [7, 11) is 0. The highest BCUT2D eigenvalue weighted by atomic mass is 16.3. The Kier molecular flexibility index (Phi) is 6.50. The molecule has 0 spiro atoms. The van der Waals surface area contributed by atoms with E-state index in [1.54, 1.807) is 0 Å². The van der Waals surface area contributed by atoms with Gasteiger partial charge in [-0.25, -0.2) is 0 Å². The monoisotopic (exact) mass is 399 g/mol. The molecule has 1 saturated heterocycles. The second-order valence-corrected chi connectivity index (χ2v) is 8.79. The molecule has 2 N–H and O–H groups in total. The minimum atomic E-state index is 0.100. The van der Waals surface area contributed by atoms with E-state index in [9.17, 15) is 9.59 Å². The van der Waals surface area contributed by atoms with Crippen molar-refractivity contribution in [2.75, 3.05) is 44.2 Å². The molecular formula is C23H33N3O3. The maximum atomic E-state index is 12.9. The van der Waals surface area contributed by atoms with E-state index in [2.05, 4.69) is 16.3 Å². The van der Waals surface area contributed by atoms with Crippen molar-refractivity contribution in [2.24, 2.45) is 17.8 Å². The molecule has 0 radical (unpaired) electrons. The number of nitrogens with one attached hydrogen (secondary N) is 1. The minimum Gasteiger partial charge on any atom is -0.396 e. The number of rotatable bonds is 8. The molecule has 6 heteroatoms. The Hall–Kier alpha value is -1.92. The Bertz CT molecular complexity index is 738. The highest BCUT2D eigenvalue weighted by molar-refractivity contribution is 5.96. The molecule has 4 rings (SSSR count). The summed E-state index contributed by atoms with van der Waals surface area (Å²) in [5.41, 5.74) is 2.32. The van der Waals surface area contributed by atoms with Crippen LogP contribution in [0.15, 0.2) is 24.3 Å². The van der Waals surface area contributed by atoms with Crippen molar-refractivity contribution in [1.82, 2.24) is 10.2 Å². The number of amides is 2. The number of para-hydroxylation sites is 1. The van der Waals surface area contributed by atoms with Gasteiger partial charge in [0.05, 0.1) is 6.54 Å². The standard InChI is InChI=1S/C23H33N3O3/c27-13-5-1-4-10-24-23(29)19-14-18-8-11-25(15-20(18)19)16-22(28)26-12-9-17-6-2-3-7-21(17)26/h2-3,6-7,18-20,27H,1,4-5,8-16H2,(H,24,29)/t18-,19-,20-/m1/s1. The van der Waals surface area contributed by atoms with E-state index < -0.39 is 0 Å². The highest BCUT2D eigenvalue weighted by Gasteiger charge is 2.47. The van der Waals surface area contributed by atoms with Crippen LogP contribution in [0.2, 0.25) is 0 Å². The molecule has 0 unspecified atom stereocenters. The molecule has 1 aromatic carbocycles. The summed E-state index contributed by atoms with van der Waals surface area (Å²) in [5.74, 6) is 1.48. The lowest BCUT2D eigenvalue weighted by Gasteiger charge is -2.50. The zero-order valence-corrected chi connectivity index (χ0v) is 17.2. The maximum absolute atomic E-state index is 12.9. The predicted molar refractivity (Wildman–Crippen MR) is 113 cm³/mol. The molecule has 0 aromatic heterocycles. The van der Waals surface area contributed by atoms with Crippen LogP contribution >= 0.6 is 0 Å². The maximum Gasteiger partial charge on any atom is 0.241 e. The van der Waals surface area contributed by atoms with Gasteiger partial charge in [-0.15, -0.1) is 0 Å². The summed E-state index contributed by atoms with van der Waals surface area (Å²) in [6.45, 7) is 3.96. The number of hydrogen-bond donors (Lipinski definition) is 2. The van der Waals surface area contributed by atoms with Gasteiger partial charge in [0.25, 0.3) is 0 Å². The molecule has 1 saturated carbocycles. The van der Waals surface area contributed by atoms with Crippen molar-refractivity contribution in [2.45, 2.75) is 38.5 Å². The Morgan fingerprint density at radius 1 is 1.14 bits per heavy atom. The number of nitrogens with zero attached hydrogens (tertiary/aromatic N) is 2. The van der Waals surface area contributed by atoms with Crippen molar-refractivity contribution in [3.63, 3.8) is 0 Å². The van der Waals surface area contributed by atoms with Crippen LogP contribution in [0.1, 0.15) is 37.7 Å². The molecule has 2 amide bonds. The summed E-state index contributed by atoms with van der Waals surface area (Å²) >= 11 is 0. The predicted octanol–water partition coefficient (Wildman–Crippen LogP) is 1.81. The molecule has 6 nitrogen and oxygen atoms in total. The first-order valence-corrected chi connectivity index (χ1v) is 11.2. The smallest absolute Gasteiger partial charge is 0.241 e. The summed E-state index contributed by atoms with van der Waals surface area (Å²) in [6.07, 6.45) is 5.69. The zero-order chi connectivity index (χ0) is 20.2. The van der Waals surface area contributed by atoms with Crippen molar-refractivity contribution >= 4 is 17.5 Å². The van der Waals surface area contributed by atoms with Gasteiger partial charge in [0.15, 0.2) is 0 Å². The SMILES string of the molecule is O=C(NCCCCCO)[C@@H]1C[C@H]2CCN(CC(=O)N3CCc4ccccc43)C[C@H]21. The second-order valence-electron chi connectivity index (χ2n) is 8.79. The number of aliphatic hydroxyl groups is 1. The normalized spacial score (nSPS) is 25.8. The van der Waals surface area contributed by atoms with Crippen molar-refractivity contribution in [1.29, 1.82) is 0 Å². The van der Waals surface area contributed by atoms with E-state index in [0.29, 0.717) is 24.9 Å². The van der Waals surface area contributed by atoms with Gasteiger partial charge in [0.1, 0.15) is 0 Å². The molecule has 3 aliphatic rings. The third-order valence-electron chi connectivity index (χ3n) is 6.98. The first-order valence-electron chi connectivity index (χ1n) is 11.2. The van der Waals surface area contributed by atoms with Gasteiger partial charge in [-0.2, -0.15) is 0 Å². The zero-order valence-electron chi connectivity index (χ0n) is 17.2. The molecule has 2 fully saturated rings. The number of hydrogen-bond acceptors (Lipinski definition) is 4. The van der Waals surface area contributed by atoms with Crippen molar-refractivity contribution < 1.29 is 14.7 Å². The summed E-state index contributed by atoms with van der Waals surface area (Å²) in [5, 5.41) is 11.9. The number of carbonyl (C=O) groups excluding carboxylic acids is 2. The van der Waals surface area contributed by atoms with Crippen LogP contribution in [-0.4, -0.2) is 61.2 Å². The number of likely N-dealkylation sites (tertiary alicyclic amines) is 1. The lowest BCUT2D eigenvalue weighted by atomic mass is 9.61. The van der Waals surface area contributed by atoms with Gasteiger partial charge < -0.3 is 15.3 Å². The summed E-state index contributed by atoms with van der Waals surface area (Å²) < 4.78 is 0. The third-order valence-corrected chi connectivity index (χ3v) is 6.98. The van der Waals surface area contributed by atoms with Gasteiger partial charge in [0.2, 0.25) is 11.8 Å². The highest BCUT2D eigenvalue weighted by Crippen LogP contribution is 2.45. The molecule has 3 atom stereocenters. The van der Waals surface area contributed by atoms with E-state index >= 15 is 0 Å². The molecule has 1 aromatic rings. The number of piperidine rings is 1. The van der Waals surface area contributed by atoms with Crippen molar-refractivity contribution in [3.05, 3.63) is 29.8 Å². The molecular weight excluding hydrogens is 366 g/mol. The minimum absolute atomic E-state index is 0.100. The second kappa shape index (κ2) is 9.26. The number of anilines is 1. The Balaban J connectivity index is 1.25. The van der Waals surface area contributed by atoms with Crippen LogP contribution in [0, 0.1) is 17.8 Å². The summed E-state index contributed by atoms with van der Waals surface area (Å²) in [4.78, 5) is 29.6. The molecule has 2 aliphatic heterocycles. The molecule has 29 heavy (non-hydrogen) atoms. The summed E-state index contributed by atoms with van der Waals surface area (Å²) in [6, 6.07) is 8.18. The van der Waals surface area contributed by atoms with Crippen LogP contribution in [0.5, 0.6) is 0 Å². The fourth-order valence-corrected chi connectivity index (χ4v) is 5.23. The molecule has 0 bridgehead atoms. The first-order chi connectivity index (χ1) is 14.2. The number of benzene rings is 1. The first kappa shape index (κ1) is 20.4. The van der Waals surface area contributed by atoms with Crippen molar-refractivity contribution in [3.8, 4) is 0 Å². The average molecular weight is 400 g/mol. The van der Waals surface area contributed by atoms with E-state index in [4.69, 9.17) is 5.11 Å². The van der Waals surface area contributed by atoms with E-state index in [-0.39, 0.29) is 24.3 Å². The van der Waals surface area contributed by atoms with Crippen LogP contribution < -0.4 is 10.2 Å². The Morgan fingerprint density at radius 2 is 2.00 bits per heavy atom. The molecule has 158 valence electrons. The van der Waals surface area contributed by atoms with Crippen LogP contribution in [0.25, 0.3) is 0 Å². The van der Waals surface area contributed by atoms with Gasteiger partial charge in [-0.1, -0.05) is 18.2 Å². The van der Waals surface area contributed by atoms with Gasteiger partial charge >= 0.3 is 0 Å². The van der Waals surface area contributed by atoms with Crippen LogP contribution in [0.4, 0.5) is 5.69 Å². The van der Waals surface area contributed by atoms with Crippen LogP contribution in [-0.2, 0) is 16.0 Å². The van der Waals surface area contributed by atoms with Gasteiger partial charge in [0, 0.05) is 37.8 Å². The fourth-order valence-electron chi connectivity index (χ4n) is 5.23. The lowest BCUT2D eigenvalue weighted by Crippen LogP contribution is -2.56. The number of unbranched alkanes of at least 4 members (excludes halogenated alkanes) is 2. The fraction of sp³-hybridized carbons (Fsp3) is 0.652. The van der Waals surface area contributed by atoms with Gasteiger partial charge in [-0.05, 0) is 68.5 Å². The Labute approximate surface area is 173 Å². The quantitative estimate of drug-likeness (QED) is 0.654. The van der Waals surface area contributed by atoms with E-state index in [1.807, 2.05) is 23.1 Å². The van der Waals surface area contributed by atoms with E-state index in [0.717, 1.165) is 63.8 Å².